The van der Waals surface area contributed by atoms with E-state index in [4.69, 9.17) is 10.5 Å². The van der Waals surface area contributed by atoms with Crippen molar-refractivity contribution in [3.8, 4) is 0 Å². The molecule has 0 unspecified atom stereocenters. The lowest BCUT2D eigenvalue weighted by atomic mass is 9.98. The molecule has 0 radical (unpaired) electrons. The molecular weight excluding hydrogens is 270 g/mol. The van der Waals surface area contributed by atoms with Gasteiger partial charge in [-0.1, -0.05) is 33.6 Å². The van der Waals surface area contributed by atoms with Crippen LogP contribution in [-0.4, -0.2) is 60.6 Å². The molecule has 0 aliphatic carbocycles. The Labute approximate surface area is 127 Å². The topological polar surface area (TPSA) is 75.9 Å². The molecule has 0 bridgehead atoms. The molecule has 1 heterocycles. The number of ether oxygens (including phenoxy) is 1. The first kappa shape index (κ1) is 17.8. The summed E-state index contributed by atoms with van der Waals surface area (Å²) in [5.41, 5.74) is 5.98. The molecule has 1 saturated heterocycles. The van der Waals surface area contributed by atoms with Crippen LogP contribution in [-0.2, 0) is 9.53 Å². The highest BCUT2D eigenvalue weighted by atomic mass is 16.6. The van der Waals surface area contributed by atoms with Gasteiger partial charge in [0.15, 0.2) is 0 Å². The second-order valence-corrected chi connectivity index (χ2v) is 5.69. The van der Waals surface area contributed by atoms with E-state index in [2.05, 4.69) is 6.92 Å². The Morgan fingerprint density at radius 3 is 2.24 bits per heavy atom. The number of carbonyl (C=O) groups excluding carboxylic acids is 2. The van der Waals surface area contributed by atoms with Crippen molar-refractivity contribution in [2.24, 2.45) is 11.7 Å². The lowest BCUT2D eigenvalue weighted by Crippen LogP contribution is -2.55. The van der Waals surface area contributed by atoms with Gasteiger partial charge in [0.05, 0.1) is 12.6 Å². The molecule has 122 valence electrons. The summed E-state index contributed by atoms with van der Waals surface area (Å²) in [6.07, 6.45) is 2.50. The molecule has 2 amide bonds. The predicted molar refractivity (Wildman–Crippen MR) is 81.8 cm³/mol. The lowest BCUT2D eigenvalue weighted by molar-refractivity contribution is -0.135. The molecule has 21 heavy (non-hydrogen) atoms. The van der Waals surface area contributed by atoms with Crippen molar-refractivity contribution in [1.82, 2.24) is 9.80 Å². The van der Waals surface area contributed by atoms with Crippen molar-refractivity contribution in [3.05, 3.63) is 0 Å². The number of amides is 2. The average Bonchev–Trinajstić information content (AvgIpc) is 2.52. The monoisotopic (exact) mass is 299 g/mol. The molecule has 0 aromatic carbocycles. The molecule has 2 atom stereocenters. The van der Waals surface area contributed by atoms with Gasteiger partial charge in [0.25, 0.3) is 0 Å². The van der Waals surface area contributed by atoms with Crippen LogP contribution in [0.5, 0.6) is 0 Å². The zero-order chi connectivity index (χ0) is 15.8. The second kappa shape index (κ2) is 8.87. The highest BCUT2D eigenvalue weighted by molar-refractivity contribution is 5.82. The standard InChI is InChI=1S/C15H29N3O3/c1-4-6-11-21-15(20)18-9-7-17(8-10-18)14(19)13(16)12(3)5-2/h12-13H,4-11,16H2,1-3H3/t12-,13-/m0/s1. The predicted octanol–water partition coefficient (Wildman–Crippen LogP) is 1.44. The van der Waals surface area contributed by atoms with E-state index < -0.39 is 6.04 Å². The van der Waals surface area contributed by atoms with Crippen LogP contribution in [0.15, 0.2) is 0 Å². The maximum atomic E-state index is 12.3. The van der Waals surface area contributed by atoms with Crippen molar-refractivity contribution >= 4 is 12.0 Å². The van der Waals surface area contributed by atoms with Crippen molar-refractivity contribution in [3.63, 3.8) is 0 Å². The third-order valence-corrected chi connectivity index (χ3v) is 4.12. The van der Waals surface area contributed by atoms with Crippen molar-refractivity contribution in [1.29, 1.82) is 0 Å². The number of carbonyl (C=O) groups is 2. The summed E-state index contributed by atoms with van der Waals surface area (Å²) in [5.74, 6) is 0.165. The lowest BCUT2D eigenvalue weighted by Gasteiger charge is -2.36. The minimum Gasteiger partial charge on any atom is -0.449 e. The minimum atomic E-state index is -0.446. The number of nitrogens with zero attached hydrogens (tertiary/aromatic N) is 2. The number of piperazine rings is 1. The van der Waals surface area contributed by atoms with Gasteiger partial charge in [0, 0.05) is 26.2 Å². The number of nitrogens with two attached hydrogens (primary N) is 1. The van der Waals surface area contributed by atoms with Crippen LogP contribution in [0.2, 0.25) is 0 Å². The molecule has 0 spiro atoms. The van der Waals surface area contributed by atoms with Gasteiger partial charge in [-0.25, -0.2) is 4.79 Å². The minimum absolute atomic E-state index is 0.0108. The van der Waals surface area contributed by atoms with E-state index in [0.717, 1.165) is 19.3 Å². The first-order valence-corrected chi connectivity index (χ1v) is 7.97. The smallest absolute Gasteiger partial charge is 0.409 e. The summed E-state index contributed by atoms with van der Waals surface area (Å²) < 4.78 is 5.18. The summed E-state index contributed by atoms with van der Waals surface area (Å²) in [5, 5.41) is 0. The van der Waals surface area contributed by atoms with Gasteiger partial charge in [0.2, 0.25) is 5.91 Å². The fraction of sp³-hybridized carbons (Fsp3) is 0.867. The van der Waals surface area contributed by atoms with Gasteiger partial charge < -0.3 is 20.3 Å². The van der Waals surface area contributed by atoms with E-state index in [1.807, 2.05) is 13.8 Å². The molecule has 2 N–H and O–H groups in total. The molecule has 0 saturated carbocycles. The Hall–Kier alpha value is -1.30. The molecule has 1 aliphatic rings. The third-order valence-electron chi connectivity index (χ3n) is 4.12. The van der Waals surface area contributed by atoms with Gasteiger partial charge in [-0.2, -0.15) is 0 Å². The quantitative estimate of drug-likeness (QED) is 0.753. The van der Waals surface area contributed by atoms with Crippen LogP contribution in [0.3, 0.4) is 0 Å². The van der Waals surface area contributed by atoms with Crippen LogP contribution < -0.4 is 5.73 Å². The maximum Gasteiger partial charge on any atom is 0.409 e. The van der Waals surface area contributed by atoms with Crippen LogP contribution in [0.25, 0.3) is 0 Å². The van der Waals surface area contributed by atoms with Gasteiger partial charge >= 0.3 is 6.09 Å². The fourth-order valence-corrected chi connectivity index (χ4v) is 2.21. The molecular formula is C15H29N3O3. The molecule has 0 aromatic heterocycles. The highest BCUT2D eigenvalue weighted by Gasteiger charge is 2.29. The fourth-order valence-electron chi connectivity index (χ4n) is 2.21. The first-order chi connectivity index (χ1) is 10.0. The molecule has 0 aromatic rings. The molecule has 1 aliphatic heterocycles. The van der Waals surface area contributed by atoms with Gasteiger partial charge in [-0.05, 0) is 12.3 Å². The third kappa shape index (κ3) is 5.19. The van der Waals surface area contributed by atoms with E-state index in [0.29, 0.717) is 32.8 Å². The number of hydrogen-bond donors (Lipinski definition) is 1. The van der Waals surface area contributed by atoms with E-state index in [-0.39, 0.29) is 17.9 Å². The average molecular weight is 299 g/mol. The van der Waals surface area contributed by atoms with Crippen LogP contribution in [0, 0.1) is 5.92 Å². The van der Waals surface area contributed by atoms with E-state index in [1.165, 1.54) is 0 Å². The van der Waals surface area contributed by atoms with Crippen LogP contribution in [0.1, 0.15) is 40.0 Å². The summed E-state index contributed by atoms with van der Waals surface area (Å²) in [6, 6.07) is -0.446. The van der Waals surface area contributed by atoms with Crippen LogP contribution in [0.4, 0.5) is 4.79 Å². The van der Waals surface area contributed by atoms with Gasteiger partial charge in [-0.3, -0.25) is 4.79 Å². The Kier molecular flexibility index (Phi) is 7.50. The Morgan fingerprint density at radius 2 is 1.71 bits per heavy atom. The molecule has 6 nitrogen and oxygen atoms in total. The summed E-state index contributed by atoms with van der Waals surface area (Å²) in [4.78, 5) is 27.5. The van der Waals surface area contributed by atoms with E-state index in [1.54, 1.807) is 9.80 Å². The molecule has 1 rings (SSSR count). The van der Waals surface area contributed by atoms with Crippen LogP contribution >= 0.6 is 0 Å². The Bertz CT molecular complexity index is 341. The largest absolute Gasteiger partial charge is 0.449 e. The highest BCUT2D eigenvalue weighted by Crippen LogP contribution is 2.11. The SMILES string of the molecule is CCCCOC(=O)N1CCN(C(=O)[C@@H](N)[C@@H](C)CC)CC1. The molecule has 6 heteroatoms. The maximum absolute atomic E-state index is 12.3. The summed E-state index contributed by atoms with van der Waals surface area (Å²) in [7, 11) is 0. The molecule has 1 fully saturated rings. The van der Waals surface area contributed by atoms with Crippen molar-refractivity contribution in [2.75, 3.05) is 32.8 Å². The van der Waals surface area contributed by atoms with Crippen molar-refractivity contribution in [2.45, 2.75) is 46.1 Å². The zero-order valence-electron chi connectivity index (χ0n) is 13.5. The zero-order valence-corrected chi connectivity index (χ0v) is 13.5. The Balaban J connectivity index is 2.37. The first-order valence-electron chi connectivity index (χ1n) is 7.97. The van der Waals surface area contributed by atoms with Gasteiger partial charge in [-0.15, -0.1) is 0 Å². The summed E-state index contributed by atoms with van der Waals surface area (Å²) >= 11 is 0. The van der Waals surface area contributed by atoms with Crippen molar-refractivity contribution < 1.29 is 14.3 Å². The number of unbranched alkanes of at least 4 members (excludes halogenated alkanes) is 1. The van der Waals surface area contributed by atoms with Gasteiger partial charge in [0.1, 0.15) is 0 Å². The summed E-state index contributed by atoms with van der Waals surface area (Å²) in [6.45, 7) is 8.64. The second-order valence-electron chi connectivity index (χ2n) is 5.69. The number of hydrogen-bond acceptors (Lipinski definition) is 4. The van der Waals surface area contributed by atoms with E-state index in [9.17, 15) is 9.59 Å². The number of rotatable bonds is 6. The Morgan fingerprint density at radius 1 is 1.14 bits per heavy atom. The normalized spacial score (nSPS) is 18.3. The van der Waals surface area contributed by atoms with E-state index >= 15 is 0 Å².